The molecule has 0 radical (unpaired) electrons. The summed E-state index contributed by atoms with van der Waals surface area (Å²) >= 11 is 0. The highest BCUT2D eigenvalue weighted by Crippen LogP contribution is 2.21. The number of hydrogen-bond acceptors (Lipinski definition) is 4. The number of aromatic nitrogens is 1. The summed E-state index contributed by atoms with van der Waals surface area (Å²) in [6, 6.07) is 12.5. The monoisotopic (exact) mass is 437 g/mol. The zero-order chi connectivity index (χ0) is 22.9. The number of pyridine rings is 1. The molecular formula is C24H31N5O3. The lowest BCUT2D eigenvalue weighted by atomic mass is 9.96. The summed E-state index contributed by atoms with van der Waals surface area (Å²) in [4.78, 5) is 45.5. The number of piperidine rings is 1. The third kappa shape index (κ3) is 6.06. The van der Waals surface area contributed by atoms with E-state index in [9.17, 15) is 14.4 Å². The van der Waals surface area contributed by atoms with E-state index in [0.717, 1.165) is 5.69 Å². The SMILES string of the molecule is CCN(CC)C(=O)N1CCC(C(=O)Nc2cccc(C(=O)NCc3ccccn3)c2)CC1. The summed E-state index contributed by atoms with van der Waals surface area (Å²) in [5.74, 6) is -0.460. The predicted octanol–water partition coefficient (Wildman–Crippen LogP) is 3.12. The van der Waals surface area contributed by atoms with Crippen molar-refractivity contribution in [3.8, 4) is 0 Å². The van der Waals surface area contributed by atoms with Crippen molar-refractivity contribution in [2.45, 2.75) is 33.2 Å². The minimum absolute atomic E-state index is 0.0401. The second-order valence-electron chi connectivity index (χ2n) is 7.79. The van der Waals surface area contributed by atoms with Crippen LogP contribution in [0.5, 0.6) is 0 Å². The van der Waals surface area contributed by atoms with Crippen LogP contribution in [0.25, 0.3) is 0 Å². The number of hydrogen-bond donors (Lipinski definition) is 2. The van der Waals surface area contributed by atoms with Crippen molar-refractivity contribution in [1.29, 1.82) is 0 Å². The van der Waals surface area contributed by atoms with Crippen LogP contribution in [-0.2, 0) is 11.3 Å². The van der Waals surface area contributed by atoms with Gasteiger partial charge in [0.2, 0.25) is 5.91 Å². The maximum absolute atomic E-state index is 12.7. The molecule has 4 amide bonds. The molecule has 170 valence electrons. The Balaban J connectivity index is 1.51. The quantitative estimate of drug-likeness (QED) is 0.696. The van der Waals surface area contributed by atoms with Crippen LogP contribution in [0.4, 0.5) is 10.5 Å². The Bertz CT molecular complexity index is 922. The molecule has 1 saturated heterocycles. The number of anilines is 1. The molecule has 0 aliphatic carbocycles. The normalized spacial score (nSPS) is 14.0. The van der Waals surface area contributed by atoms with Gasteiger partial charge in [-0.25, -0.2) is 4.79 Å². The molecule has 0 spiro atoms. The number of likely N-dealkylation sites (tertiary alicyclic amines) is 1. The zero-order valence-electron chi connectivity index (χ0n) is 18.7. The van der Waals surface area contributed by atoms with Crippen molar-refractivity contribution in [3.63, 3.8) is 0 Å². The van der Waals surface area contributed by atoms with Gasteiger partial charge in [-0.2, -0.15) is 0 Å². The summed E-state index contributed by atoms with van der Waals surface area (Å²) < 4.78 is 0. The van der Waals surface area contributed by atoms with E-state index >= 15 is 0 Å². The molecule has 1 aliphatic rings. The van der Waals surface area contributed by atoms with Crippen LogP contribution in [0.2, 0.25) is 0 Å². The number of amides is 4. The van der Waals surface area contributed by atoms with E-state index in [4.69, 9.17) is 0 Å². The zero-order valence-corrected chi connectivity index (χ0v) is 18.7. The molecule has 32 heavy (non-hydrogen) atoms. The number of urea groups is 1. The Labute approximate surface area is 189 Å². The average molecular weight is 438 g/mol. The van der Waals surface area contributed by atoms with Gasteiger partial charge in [0.15, 0.2) is 0 Å². The number of nitrogens with zero attached hydrogens (tertiary/aromatic N) is 3. The van der Waals surface area contributed by atoms with Crippen molar-refractivity contribution < 1.29 is 14.4 Å². The van der Waals surface area contributed by atoms with Crippen LogP contribution in [0.15, 0.2) is 48.7 Å². The summed E-state index contributed by atoms with van der Waals surface area (Å²) in [5.41, 5.74) is 1.83. The number of rotatable bonds is 7. The van der Waals surface area contributed by atoms with Crippen molar-refractivity contribution in [2.75, 3.05) is 31.5 Å². The minimum Gasteiger partial charge on any atom is -0.346 e. The van der Waals surface area contributed by atoms with Gasteiger partial charge in [-0.1, -0.05) is 12.1 Å². The van der Waals surface area contributed by atoms with Crippen LogP contribution in [0, 0.1) is 5.92 Å². The third-order valence-corrected chi connectivity index (χ3v) is 5.72. The second kappa shape index (κ2) is 11.3. The van der Waals surface area contributed by atoms with Gasteiger partial charge in [0, 0.05) is 49.5 Å². The van der Waals surface area contributed by atoms with Crippen molar-refractivity contribution in [3.05, 3.63) is 59.9 Å². The number of benzene rings is 1. The van der Waals surface area contributed by atoms with Crippen molar-refractivity contribution in [1.82, 2.24) is 20.1 Å². The van der Waals surface area contributed by atoms with Gasteiger partial charge >= 0.3 is 6.03 Å². The molecule has 2 aromatic rings. The van der Waals surface area contributed by atoms with E-state index in [2.05, 4.69) is 15.6 Å². The first-order chi connectivity index (χ1) is 15.5. The molecule has 8 heteroatoms. The lowest BCUT2D eigenvalue weighted by Gasteiger charge is -2.34. The molecule has 0 saturated carbocycles. The molecule has 1 fully saturated rings. The average Bonchev–Trinajstić information content (AvgIpc) is 2.84. The van der Waals surface area contributed by atoms with Crippen molar-refractivity contribution >= 4 is 23.5 Å². The first-order valence-corrected chi connectivity index (χ1v) is 11.1. The Kier molecular flexibility index (Phi) is 8.19. The van der Waals surface area contributed by atoms with E-state index in [0.29, 0.717) is 56.8 Å². The highest BCUT2D eigenvalue weighted by Gasteiger charge is 2.29. The fraction of sp³-hybridized carbons (Fsp3) is 0.417. The molecule has 1 aliphatic heterocycles. The standard InChI is InChI=1S/C24H31N5O3/c1-3-28(4-2)24(32)29-14-11-18(12-15-29)23(31)27-20-10-7-8-19(16-20)22(30)26-17-21-9-5-6-13-25-21/h5-10,13,16,18H,3-4,11-12,14-15,17H2,1-2H3,(H,26,30)(H,27,31). The van der Waals surface area contributed by atoms with E-state index in [1.54, 1.807) is 35.4 Å². The van der Waals surface area contributed by atoms with E-state index in [1.165, 1.54) is 0 Å². The van der Waals surface area contributed by atoms with Gasteiger partial charge in [-0.15, -0.1) is 0 Å². The second-order valence-corrected chi connectivity index (χ2v) is 7.79. The minimum atomic E-state index is -0.227. The van der Waals surface area contributed by atoms with Gasteiger partial charge in [-0.3, -0.25) is 14.6 Å². The molecule has 3 rings (SSSR count). The van der Waals surface area contributed by atoms with Gasteiger partial charge in [-0.05, 0) is 57.0 Å². The van der Waals surface area contributed by atoms with Crippen LogP contribution in [-0.4, -0.2) is 58.8 Å². The van der Waals surface area contributed by atoms with Crippen LogP contribution >= 0.6 is 0 Å². The Morgan fingerprint density at radius 2 is 1.81 bits per heavy atom. The van der Waals surface area contributed by atoms with Crippen LogP contribution < -0.4 is 10.6 Å². The maximum atomic E-state index is 12.7. The lowest BCUT2D eigenvalue weighted by Crippen LogP contribution is -2.47. The van der Waals surface area contributed by atoms with Gasteiger partial charge in [0.05, 0.1) is 12.2 Å². The first-order valence-electron chi connectivity index (χ1n) is 11.1. The largest absolute Gasteiger partial charge is 0.346 e. The summed E-state index contributed by atoms with van der Waals surface area (Å²) in [5, 5.41) is 5.76. The van der Waals surface area contributed by atoms with Gasteiger partial charge in [0.25, 0.3) is 5.91 Å². The molecule has 1 aromatic carbocycles. The van der Waals surface area contributed by atoms with Gasteiger partial charge < -0.3 is 20.4 Å². The molecule has 2 heterocycles. The molecule has 8 nitrogen and oxygen atoms in total. The summed E-state index contributed by atoms with van der Waals surface area (Å²) in [7, 11) is 0. The van der Waals surface area contributed by atoms with Crippen LogP contribution in [0.1, 0.15) is 42.7 Å². The topological polar surface area (TPSA) is 94.6 Å². The van der Waals surface area contributed by atoms with E-state index in [-0.39, 0.29) is 23.8 Å². The third-order valence-electron chi connectivity index (χ3n) is 5.72. The highest BCUT2D eigenvalue weighted by atomic mass is 16.2. The van der Waals surface area contributed by atoms with E-state index < -0.39 is 0 Å². The fourth-order valence-electron chi connectivity index (χ4n) is 3.79. The number of carbonyl (C=O) groups is 3. The lowest BCUT2D eigenvalue weighted by molar-refractivity contribution is -0.121. The Morgan fingerprint density at radius 1 is 1.06 bits per heavy atom. The van der Waals surface area contributed by atoms with Crippen LogP contribution in [0.3, 0.4) is 0 Å². The van der Waals surface area contributed by atoms with Gasteiger partial charge in [0.1, 0.15) is 0 Å². The summed E-state index contributed by atoms with van der Waals surface area (Å²) in [6.45, 7) is 6.78. The maximum Gasteiger partial charge on any atom is 0.319 e. The molecule has 1 aromatic heterocycles. The predicted molar refractivity (Wildman–Crippen MR) is 123 cm³/mol. The molecular weight excluding hydrogens is 406 g/mol. The smallest absolute Gasteiger partial charge is 0.319 e. The molecule has 0 unspecified atom stereocenters. The highest BCUT2D eigenvalue weighted by molar-refractivity contribution is 5.97. The number of carbonyl (C=O) groups excluding carboxylic acids is 3. The fourth-order valence-corrected chi connectivity index (χ4v) is 3.79. The Morgan fingerprint density at radius 3 is 2.47 bits per heavy atom. The molecule has 0 atom stereocenters. The molecule has 2 N–H and O–H groups in total. The first kappa shape index (κ1) is 23.2. The summed E-state index contributed by atoms with van der Waals surface area (Å²) in [6.07, 6.45) is 2.94. The van der Waals surface area contributed by atoms with E-state index in [1.807, 2.05) is 36.9 Å². The number of nitrogens with one attached hydrogen (secondary N) is 2. The Hall–Kier alpha value is -3.42. The molecule has 0 bridgehead atoms. The van der Waals surface area contributed by atoms with Crippen molar-refractivity contribution in [2.24, 2.45) is 5.92 Å².